The SMILES string of the molecule is CC1CCC(NC(=O)c2oc3ccccc3c2C[S@](C)=O)CC1. The summed E-state index contributed by atoms with van der Waals surface area (Å²) in [5.41, 5.74) is 1.43. The molecule has 4 nitrogen and oxygen atoms in total. The number of carbonyl (C=O) groups is 1. The number of amides is 1. The van der Waals surface area contributed by atoms with Crippen LogP contribution in [-0.2, 0) is 16.6 Å². The van der Waals surface area contributed by atoms with Gasteiger partial charge in [0.2, 0.25) is 0 Å². The molecule has 1 aromatic carbocycles. The van der Waals surface area contributed by atoms with E-state index < -0.39 is 10.8 Å². The van der Waals surface area contributed by atoms with Gasteiger partial charge in [-0.15, -0.1) is 0 Å². The first-order valence-electron chi connectivity index (χ1n) is 8.16. The van der Waals surface area contributed by atoms with Crippen LogP contribution in [0, 0.1) is 5.92 Å². The van der Waals surface area contributed by atoms with E-state index in [9.17, 15) is 9.00 Å². The first-order valence-corrected chi connectivity index (χ1v) is 9.88. The first kappa shape index (κ1) is 16.2. The summed E-state index contributed by atoms with van der Waals surface area (Å²) < 4.78 is 17.5. The van der Waals surface area contributed by atoms with Gasteiger partial charge in [-0.2, -0.15) is 0 Å². The molecule has 1 atom stereocenters. The van der Waals surface area contributed by atoms with Gasteiger partial charge < -0.3 is 9.73 Å². The Bertz CT molecular complexity index is 729. The van der Waals surface area contributed by atoms with Crippen LogP contribution in [0.3, 0.4) is 0 Å². The highest BCUT2D eigenvalue weighted by molar-refractivity contribution is 7.83. The van der Waals surface area contributed by atoms with Gasteiger partial charge >= 0.3 is 0 Å². The molecule has 23 heavy (non-hydrogen) atoms. The van der Waals surface area contributed by atoms with Crippen LogP contribution in [0.4, 0.5) is 0 Å². The second-order valence-electron chi connectivity index (χ2n) is 6.55. The minimum absolute atomic E-state index is 0.179. The van der Waals surface area contributed by atoms with Crippen LogP contribution in [0.2, 0.25) is 0 Å². The van der Waals surface area contributed by atoms with Gasteiger partial charge in [0, 0.05) is 34.0 Å². The minimum Gasteiger partial charge on any atom is -0.451 e. The Balaban J connectivity index is 1.85. The number of nitrogens with one attached hydrogen (secondary N) is 1. The number of fused-ring (bicyclic) bond motifs is 1. The monoisotopic (exact) mass is 333 g/mol. The normalized spacial score (nSPS) is 22.9. The average Bonchev–Trinajstić information content (AvgIpc) is 2.88. The van der Waals surface area contributed by atoms with Gasteiger partial charge in [-0.25, -0.2) is 0 Å². The molecule has 1 N–H and O–H groups in total. The third-order valence-electron chi connectivity index (χ3n) is 4.60. The van der Waals surface area contributed by atoms with Gasteiger partial charge in [0.1, 0.15) is 5.58 Å². The summed E-state index contributed by atoms with van der Waals surface area (Å²) in [5, 5.41) is 3.98. The van der Waals surface area contributed by atoms with E-state index in [0.717, 1.165) is 42.6 Å². The standard InChI is InChI=1S/C18H23NO3S/c1-12-7-9-13(10-8-12)19-18(20)17-15(11-23(2)21)14-5-3-4-6-16(14)22-17/h3-6,12-13H,7-11H2,1-2H3,(H,19,20)/t12?,13?,23-/m0/s1. The molecule has 1 aromatic heterocycles. The molecule has 0 aliphatic heterocycles. The van der Waals surface area contributed by atoms with Crippen LogP contribution in [-0.4, -0.2) is 22.4 Å². The molecular formula is C18H23NO3S. The van der Waals surface area contributed by atoms with E-state index in [2.05, 4.69) is 12.2 Å². The smallest absolute Gasteiger partial charge is 0.287 e. The van der Waals surface area contributed by atoms with E-state index >= 15 is 0 Å². The van der Waals surface area contributed by atoms with E-state index in [0.29, 0.717) is 17.1 Å². The van der Waals surface area contributed by atoms with Gasteiger partial charge in [-0.1, -0.05) is 25.1 Å². The highest BCUT2D eigenvalue weighted by Gasteiger charge is 2.25. The zero-order chi connectivity index (χ0) is 16.4. The topological polar surface area (TPSA) is 59.3 Å². The summed E-state index contributed by atoms with van der Waals surface area (Å²) in [7, 11) is -1.03. The molecule has 1 aliphatic carbocycles. The summed E-state index contributed by atoms with van der Waals surface area (Å²) in [4.78, 5) is 12.7. The second kappa shape index (κ2) is 6.87. The Kier molecular flexibility index (Phi) is 4.85. The molecule has 1 saturated carbocycles. The Morgan fingerprint density at radius 2 is 1.96 bits per heavy atom. The molecule has 2 aromatic rings. The van der Waals surface area contributed by atoms with Crippen molar-refractivity contribution in [2.45, 2.75) is 44.4 Å². The largest absolute Gasteiger partial charge is 0.451 e. The maximum Gasteiger partial charge on any atom is 0.287 e. The third kappa shape index (κ3) is 3.66. The molecule has 3 rings (SSSR count). The first-order chi connectivity index (χ1) is 11.0. The molecule has 1 fully saturated rings. The number of para-hydroxylation sites is 1. The fourth-order valence-corrected chi connectivity index (χ4v) is 3.98. The summed E-state index contributed by atoms with van der Waals surface area (Å²) in [6.45, 7) is 2.26. The summed E-state index contributed by atoms with van der Waals surface area (Å²) in [5.74, 6) is 1.22. The Morgan fingerprint density at radius 1 is 1.26 bits per heavy atom. The van der Waals surface area contributed by atoms with Crippen molar-refractivity contribution in [3.63, 3.8) is 0 Å². The summed E-state index contributed by atoms with van der Waals surface area (Å²) >= 11 is 0. The van der Waals surface area contributed by atoms with Crippen LogP contribution < -0.4 is 5.32 Å². The molecule has 124 valence electrons. The van der Waals surface area contributed by atoms with Crippen molar-refractivity contribution in [1.82, 2.24) is 5.32 Å². The maximum atomic E-state index is 12.7. The lowest BCUT2D eigenvalue weighted by Crippen LogP contribution is -2.37. The molecule has 1 heterocycles. The zero-order valence-electron chi connectivity index (χ0n) is 13.6. The maximum absolute atomic E-state index is 12.7. The predicted molar refractivity (Wildman–Crippen MR) is 92.9 cm³/mol. The van der Waals surface area contributed by atoms with Crippen molar-refractivity contribution in [2.24, 2.45) is 5.92 Å². The lowest BCUT2D eigenvalue weighted by molar-refractivity contribution is 0.0896. The lowest BCUT2D eigenvalue weighted by atomic mass is 9.87. The van der Waals surface area contributed by atoms with Crippen LogP contribution in [0.5, 0.6) is 0 Å². The van der Waals surface area contributed by atoms with Crippen LogP contribution in [0.1, 0.15) is 48.7 Å². The highest BCUT2D eigenvalue weighted by atomic mass is 32.2. The molecule has 0 radical (unpaired) electrons. The summed E-state index contributed by atoms with van der Waals surface area (Å²) in [6, 6.07) is 7.76. The van der Waals surface area contributed by atoms with Crippen LogP contribution in [0.25, 0.3) is 11.0 Å². The van der Waals surface area contributed by atoms with E-state index in [1.165, 1.54) is 0 Å². The van der Waals surface area contributed by atoms with E-state index in [1.54, 1.807) is 6.26 Å². The number of furan rings is 1. The zero-order valence-corrected chi connectivity index (χ0v) is 14.4. The van der Waals surface area contributed by atoms with Crippen molar-refractivity contribution in [1.29, 1.82) is 0 Å². The fourth-order valence-electron chi connectivity index (χ4n) is 3.28. The predicted octanol–water partition coefficient (Wildman–Crippen LogP) is 3.62. The molecule has 0 unspecified atom stereocenters. The van der Waals surface area contributed by atoms with Gasteiger partial charge in [0.05, 0.1) is 5.75 Å². The molecular weight excluding hydrogens is 310 g/mol. The molecule has 1 amide bonds. The lowest BCUT2D eigenvalue weighted by Gasteiger charge is -2.26. The number of hydrogen-bond acceptors (Lipinski definition) is 3. The Labute approximate surface area is 139 Å². The second-order valence-corrected chi connectivity index (χ2v) is 7.99. The van der Waals surface area contributed by atoms with E-state index in [-0.39, 0.29) is 11.9 Å². The molecule has 5 heteroatoms. The number of hydrogen-bond donors (Lipinski definition) is 1. The molecule has 0 bridgehead atoms. The number of benzene rings is 1. The van der Waals surface area contributed by atoms with Gasteiger partial charge in [-0.3, -0.25) is 9.00 Å². The van der Waals surface area contributed by atoms with Gasteiger partial charge in [0.15, 0.2) is 5.76 Å². The van der Waals surface area contributed by atoms with Crippen molar-refractivity contribution < 1.29 is 13.4 Å². The number of rotatable bonds is 4. The average molecular weight is 333 g/mol. The third-order valence-corrected chi connectivity index (χ3v) is 5.30. The van der Waals surface area contributed by atoms with Crippen molar-refractivity contribution in [2.75, 3.05) is 6.26 Å². The van der Waals surface area contributed by atoms with Crippen LogP contribution in [0.15, 0.2) is 28.7 Å². The van der Waals surface area contributed by atoms with Crippen molar-refractivity contribution in [3.8, 4) is 0 Å². The van der Waals surface area contributed by atoms with E-state index in [1.807, 2.05) is 24.3 Å². The molecule has 0 spiro atoms. The van der Waals surface area contributed by atoms with Crippen molar-refractivity contribution >= 4 is 27.7 Å². The quantitative estimate of drug-likeness (QED) is 0.929. The van der Waals surface area contributed by atoms with E-state index in [4.69, 9.17) is 4.42 Å². The van der Waals surface area contributed by atoms with Crippen molar-refractivity contribution in [3.05, 3.63) is 35.6 Å². The Morgan fingerprint density at radius 3 is 2.65 bits per heavy atom. The Hall–Kier alpha value is -1.62. The number of carbonyl (C=O) groups excluding carboxylic acids is 1. The minimum atomic E-state index is -1.03. The molecule has 1 aliphatic rings. The van der Waals surface area contributed by atoms with Gasteiger partial charge in [-0.05, 0) is 37.7 Å². The highest BCUT2D eigenvalue weighted by Crippen LogP contribution is 2.28. The fraction of sp³-hybridized carbons (Fsp3) is 0.500. The van der Waals surface area contributed by atoms with Crippen LogP contribution >= 0.6 is 0 Å². The van der Waals surface area contributed by atoms with Gasteiger partial charge in [0.25, 0.3) is 5.91 Å². The summed E-state index contributed by atoms with van der Waals surface area (Å²) in [6.07, 6.45) is 5.98. The molecule has 0 saturated heterocycles.